The maximum Gasteiger partial charge on any atom is 0.252 e. The van der Waals surface area contributed by atoms with Gasteiger partial charge in [0.05, 0.1) is 21.9 Å². The molecule has 5 aromatic carbocycles. The lowest BCUT2D eigenvalue weighted by Gasteiger charge is -2.49. The van der Waals surface area contributed by atoms with Gasteiger partial charge in [-0.3, -0.25) is 0 Å². The third kappa shape index (κ3) is 6.38. The van der Waals surface area contributed by atoms with E-state index in [1.165, 1.54) is 9.80 Å². The van der Waals surface area contributed by atoms with Gasteiger partial charge in [-0.15, -0.1) is 0 Å². The number of fused-ring (bicyclic) bond motifs is 7. The zero-order valence-electron chi connectivity index (χ0n) is 51.8. The molecule has 0 amide bonds. The fourth-order valence-electron chi connectivity index (χ4n) is 9.07. The van der Waals surface area contributed by atoms with Crippen molar-refractivity contribution >= 4 is 57.2 Å². The van der Waals surface area contributed by atoms with Gasteiger partial charge in [0.2, 0.25) is 0 Å². The molecule has 0 saturated heterocycles. The summed E-state index contributed by atoms with van der Waals surface area (Å²) in [5.74, 6) is 0.438. The number of benzene rings is 5. The van der Waals surface area contributed by atoms with Crippen LogP contribution in [0.5, 0.6) is 0 Å². The van der Waals surface area contributed by atoms with Crippen molar-refractivity contribution in [2.45, 2.75) is 149 Å². The summed E-state index contributed by atoms with van der Waals surface area (Å²) in [7, 11) is 0. The minimum Gasteiger partial charge on any atom is -0.311 e. The smallest absolute Gasteiger partial charge is 0.252 e. The van der Waals surface area contributed by atoms with Gasteiger partial charge >= 0.3 is 0 Å². The van der Waals surface area contributed by atoms with E-state index in [9.17, 15) is 21.9 Å². The van der Waals surface area contributed by atoms with Gasteiger partial charge in [-0.05, 0) is 164 Å². The molecule has 0 unspecified atom stereocenters. The summed E-state index contributed by atoms with van der Waals surface area (Å²) < 4.78 is 160. The van der Waals surface area contributed by atoms with Gasteiger partial charge in [-0.1, -0.05) is 131 Å². The van der Waals surface area contributed by atoms with Crippen LogP contribution < -0.4 is 26.2 Å². The standard InChI is InChI=1S/C54H65BN2/c1-50(2,3)36-13-19-41(20-14-36)56-45-23-17-38(52(7,8)9)31-43(45)55-44-32-39(53(10,11)12)18-24-46(44)57(42-21-15-37(16-22-42)51(4,5)6)48-34-40(33-47(56)49(48)55)54-28-25-35(26-29-54)27-30-54/h13-24,31-35H,25-30H2,1-12H3/i13D,14D,15D,16D,17D,18D,19D,20D,21D,22D,23D,24D,31D,32D,33D,34D. The molecule has 0 N–H and O–H groups in total. The Morgan fingerprint density at radius 3 is 1.18 bits per heavy atom. The van der Waals surface area contributed by atoms with E-state index in [-0.39, 0.29) is 139 Å². The molecule has 0 radical (unpaired) electrons. The van der Waals surface area contributed by atoms with E-state index in [1.807, 2.05) is 0 Å². The Labute approximate surface area is 367 Å². The Morgan fingerprint density at radius 2 is 0.825 bits per heavy atom. The van der Waals surface area contributed by atoms with E-state index in [2.05, 4.69) is 0 Å². The van der Waals surface area contributed by atoms with E-state index < -0.39 is 70.0 Å². The molecule has 0 atom stereocenters. The second-order valence-electron chi connectivity index (χ2n) is 21.1. The molecule has 57 heavy (non-hydrogen) atoms. The first-order valence-electron chi connectivity index (χ1n) is 28.7. The Hall–Kier alpha value is -4.24. The van der Waals surface area contributed by atoms with Crippen LogP contribution in [-0.2, 0) is 27.1 Å². The highest BCUT2D eigenvalue weighted by molar-refractivity contribution is 7.00. The van der Waals surface area contributed by atoms with Gasteiger partial charge in [0.15, 0.2) is 0 Å². The van der Waals surface area contributed by atoms with Gasteiger partial charge in [0.25, 0.3) is 6.71 Å². The van der Waals surface area contributed by atoms with Crippen molar-refractivity contribution in [2.24, 2.45) is 5.92 Å². The van der Waals surface area contributed by atoms with Gasteiger partial charge in [-0.2, -0.15) is 0 Å². The lowest BCUT2D eigenvalue weighted by Crippen LogP contribution is -2.62. The molecule has 3 aliphatic carbocycles. The zero-order valence-corrected chi connectivity index (χ0v) is 35.8. The Bertz CT molecular complexity index is 3010. The highest BCUT2D eigenvalue weighted by atomic mass is 15.2. The summed E-state index contributed by atoms with van der Waals surface area (Å²) in [6.45, 7) is 20.0. The van der Waals surface area contributed by atoms with Crippen molar-refractivity contribution in [3.05, 3.63) is 124 Å². The fourth-order valence-corrected chi connectivity index (χ4v) is 9.07. The van der Waals surface area contributed by atoms with Crippen molar-refractivity contribution < 1.29 is 21.9 Å². The molecule has 10 rings (SSSR count). The molecule has 294 valence electrons. The van der Waals surface area contributed by atoms with Crippen molar-refractivity contribution in [3.8, 4) is 0 Å². The van der Waals surface area contributed by atoms with Gasteiger partial charge in [0.1, 0.15) is 0 Å². The highest BCUT2D eigenvalue weighted by Gasteiger charge is 2.47. The van der Waals surface area contributed by atoms with E-state index in [1.54, 1.807) is 83.1 Å². The molecule has 3 fully saturated rings. The predicted molar refractivity (Wildman–Crippen MR) is 248 cm³/mol. The second kappa shape index (κ2) is 12.9. The molecular formula is C54H65BN2. The third-order valence-corrected chi connectivity index (χ3v) is 12.7. The van der Waals surface area contributed by atoms with Gasteiger partial charge in [0, 0.05) is 34.1 Å². The van der Waals surface area contributed by atoms with Crippen LogP contribution in [-0.4, -0.2) is 6.71 Å². The van der Waals surface area contributed by atoms with Crippen LogP contribution in [0.4, 0.5) is 34.1 Å². The molecule has 2 aliphatic heterocycles. The molecule has 3 heteroatoms. The normalized spacial score (nSPS) is 24.3. The largest absolute Gasteiger partial charge is 0.311 e. The van der Waals surface area contributed by atoms with Crippen LogP contribution >= 0.6 is 0 Å². The summed E-state index contributed by atoms with van der Waals surface area (Å²) in [5.41, 5.74) is -4.94. The van der Waals surface area contributed by atoms with E-state index in [4.69, 9.17) is 0 Å². The first-order chi connectivity index (χ1) is 33.5. The maximum atomic E-state index is 10.7. The molecule has 2 heterocycles. The average molecular weight is 769 g/mol. The minimum atomic E-state index is -1.42. The highest BCUT2D eigenvalue weighted by Crippen LogP contribution is 2.55. The van der Waals surface area contributed by atoms with Crippen molar-refractivity contribution in [2.75, 3.05) is 9.80 Å². The Balaban J connectivity index is 1.64. The van der Waals surface area contributed by atoms with Crippen LogP contribution in [0.2, 0.25) is 0 Å². The quantitative estimate of drug-likeness (QED) is 0.165. The van der Waals surface area contributed by atoms with Crippen LogP contribution in [0.1, 0.15) is 171 Å². The Morgan fingerprint density at radius 1 is 0.474 bits per heavy atom. The molecule has 0 spiro atoms. The fraction of sp³-hybridized carbons (Fsp3) is 0.444. The van der Waals surface area contributed by atoms with Crippen molar-refractivity contribution in [1.29, 1.82) is 0 Å². The van der Waals surface area contributed by atoms with Crippen LogP contribution in [0.3, 0.4) is 0 Å². The minimum absolute atomic E-state index is 0.00616. The number of rotatable bonds is 3. The van der Waals surface area contributed by atoms with Crippen LogP contribution in [0.15, 0.2) is 96.7 Å². The SMILES string of the molecule is [2H]c1c([2H])c(C(C)(C)C)c([2H])c([2H])c1N1c2c([2H])c([2H])c(C(C)(C)C)c([2H])c2B2c3c([2H])c(C(C)(C)C)c([2H])c([2H])c3N(c3c([2H])c([2H])c(C(C)(C)C)c([2H])c3[2H])c3c([2H])c(C45CCC(CC4)CC5)c([2H])c1c32. The molecular weight excluding hydrogens is 687 g/mol. The predicted octanol–water partition coefficient (Wildman–Crippen LogP) is 13.2. The number of anilines is 6. The first-order valence-corrected chi connectivity index (χ1v) is 20.7. The molecule has 5 aromatic rings. The lowest BCUT2D eigenvalue weighted by molar-refractivity contribution is 0.136. The van der Waals surface area contributed by atoms with E-state index in [0.717, 1.165) is 19.3 Å². The molecule has 0 aromatic heterocycles. The van der Waals surface area contributed by atoms with Crippen molar-refractivity contribution in [3.63, 3.8) is 0 Å². The number of hydrogen-bond acceptors (Lipinski definition) is 2. The van der Waals surface area contributed by atoms with E-state index >= 15 is 0 Å². The summed E-state index contributed by atoms with van der Waals surface area (Å²) >= 11 is 0. The summed E-state index contributed by atoms with van der Waals surface area (Å²) in [6, 6.07) is -6.04. The van der Waals surface area contributed by atoms with Gasteiger partial charge < -0.3 is 9.80 Å². The zero-order chi connectivity index (χ0) is 54.4. The summed E-state index contributed by atoms with van der Waals surface area (Å²) in [5, 5.41) is 0. The summed E-state index contributed by atoms with van der Waals surface area (Å²) in [4.78, 5) is 2.63. The molecule has 3 saturated carbocycles. The van der Waals surface area contributed by atoms with Gasteiger partial charge in [-0.25, -0.2) is 0 Å². The van der Waals surface area contributed by atoms with Crippen LogP contribution in [0.25, 0.3) is 0 Å². The number of hydrogen-bond donors (Lipinski definition) is 0. The first kappa shape index (κ1) is 24.0. The van der Waals surface area contributed by atoms with Crippen LogP contribution in [0, 0.1) is 5.92 Å². The van der Waals surface area contributed by atoms with E-state index in [0.29, 0.717) is 25.2 Å². The molecule has 2 nitrogen and oxygen atoms in total. The Kier molecular flexibility index (Phi) is 5.42. The summed E-state index contributed by atoms with van der Waals surface area (Å²) in [6.07, 6.45) is 4.18. The second-order valence-corrected chi connectivity index (χ2v) is 21.1. The maximum absolute atomic E-state index is 10.7. The third-order valence-electron chi connectivity index (χ3n) is 12.7. The average Bonchev–Trinajstić information content (AvgIpc) is 3.26. The monoisotopic (exact) mass is 769 g/mol. The topological polar surface area (TPSA) is 6.48 Å². The molecule has 2 bridgehead atoms. The van der Waals surface area contributed by atoms with Crippen molar-refractivity contribution in [1.82, 2.24) is 0 Å². The lowest BCUT2D eigenvalue weighted by atomic mass is 9.33. The number of nitrogens with zero attached hydrogens (tertiary/aromatic N) is 2. The molecule has 5 aliphatic rings.